The largest absolute Gasteiger partial charge is 0.478 e. The van der Waals surface area contributed by atoms with E-state index >= 15 is 14.4 Å². The predicted molar refractivity (Wildman–Crippen MR) is 350 cm³/mol. The van der Waals surface area contributed by atoms with Crippen molar-refractivity contribution >= 4 is 76.6 Å². The highest BCUT2D eigenvalue weighted by atomic mass is 16.4. The van der Waals surface area contributed by atoms with Gasteiger partial charge in [0.1, 0.15) is 54.4 Å². The van der Waals surface area contributed by atoms with E-state index in [1.54, 1.807) is 39.8 Å². The van der Waals surface area contributed by atoms with Crippen LogP contribution in [-0.2, 0) is 52.7 Å². The maximum Gasteiger partial charge on any atom is 0.335 e. The summed E-state index contributed by atoms with van der Waals surface area (Å²) >= 11 is 0. The van der Waals surface area contributed by atoms with Crippen LogP contribution in [0.5, 0.6) is 0 Å². The first kappa shape index (κ1) is 79.8. The molecule has 1 aliphatic rings. The molecule has 10 unspecified atom stereocenters. The van der Waals surface area contributed by atoms with Gasteiger partial charge in [-0.25, -0.2) is 4.79 Å². The maximum atomic E-state index is 15.2. The third-order valence-corrected chi connectivity index (χ3v) is 17.0. The average molecular weight is 1280 g/mol. The van der Waals surface area contributed by atoms with Crippen LogP contribution in [0.4, 0.5) is 5.69 Å². The third kappa shape index (κ3) is 23.7. The second-order valence-corrected chi connectivity index (χ2v) is 27.5. The molecule has 1 aromatic rings. The molecule has 0 aromatic heterocycles. The zero-order valence-electron chi connectivity index (χ0n) is 58.6. The fourth-order valence-electron chi connectivity index (χ4n) is 11.1. The van der Waals surface area contributed by atoms with Crippen molar-refractivity contribution < 1.29 is 62.6 Å². The fraction of sp³-hybridized carbons (Fsp3) is 0.727. The van der Waals surface area contributed by atoms with Crippen LogP contribution in [0, 0.1) is 41.4 Å². The summed E-state index contributed by atoms with van der Waals surface area (Å²) < 4.78 is 0. The van der Waals surface area contributed by atoms with Crippen LogP contribution in [-0.4, -0.2) is 234 Å². The molecule has 6 N–H and O–H groups in total. The minimum absolute atomic E-state index is 0.0783. The van der Waals surface area contributed by atoms with Crippen molar-refractivity contribution in [3.05, 3.63) is 29.8 Å². The molecule has 25 heteroatoms. The van der Waals surface area contributed by atoms with Crippen molar-refractivity contribution in [2.45, 2.75) is 203 Å². The number of amides is 11. The molecule has 1 saturated heterocycles. The standard InChI is InChI=1S/C66H112N12O13/c1-37(2)23-28-48-62(86)78(22)56(42(11)12)65(89)76(20)51(34-43(13)29-30-67-47-26-24-46(25-27-47)66(90)91)58(82)68-35-53(79)72(16)36-54(80)73(17)49(31-38(3)4)60(84)71-55(41(9)10)64(88)75(19)50(32-39(5)6)59(83)69-44(14)57(81)70-45(15)61(85)77(21)52(33-40(7)8)63(87)74(48)18/h24-27,37-45,48-52,55-56,67H,23,28-36H2,1-22H3,(H,68,82)(H,69,83)(H,70,81)(H,71,84)(H,90,91). The van der Waals surface area contributed by atoms with Gasteiger partial charge in [0, 0.05) is 61.6 Å². The van der Waals surface area contributed by atoms with E-state index in [1.165, 1.54) is 105 Å². The van der Waals surface area contributed by atoms with Gasteiger partial charge in [0.05, 0.1) is 18.7 Å². The van der Waals surface area contributed by atoms with Gasteiger partial charge in [-0.3, -0.25) is 52.7 Å². The average Bonchev–Trinajstić information content (AvgIpc) is 2.01. The zero-order valence-corrected chi connectivity index (χ0v) is 58.6. The Labute approximate surface area is 541 Å². The Balaban J connectivity index is 2.89. The first-order valence-corrected chi connectivity index (χ1v) is 32.3. The van der Waals surface area contributed by atoms with E-state index in [4.69, 9.17) is 0 Å². The summed E-state index contributed by atoms with van der Waals surface area (Å²) in [5, 5.41) is 23.6. The highest BCUT2D eigenvalue weighted by molar-refractivity contribution is 5.99. The van der Waals surface area contributed by atoms with E-state index in [0.29, 0.717) is 25.1 Å². The summed E-state index contributed by atoms with van der Waals surface area (Å²) in [7, 11) is 10.1. The minimum atomic E-state index is -1.23. The van der Waals surface area contributed by atoms with Gasteiger partial charge in [0.25, 0.3) is 0 Å². The number of carbonyl (C=O) groups excluding carboxylic acids is 11. The lowest BCUT2D eigenvalue weighted by molar-refractivity contribution is -0.155. The van der Waals surface area contributed by atoms with Crippen LogP contribution in [0.1, 0.15) is 159 Å². The molecule has 0 aliphatic carbocycles. The number of likely N-dealkylation sites (N-methyl/N-ethyl adjacent to an activating group) is 7. The quantitative estimate of drug-likeness (QED) is 0.120. The number of hydrogen-bond donors (Lipinski definition) is 6. The lowest BCUT2D eigenvalue weighted by atomic mass is 9.94. The highest BCUT2D eigenvalue weighted by Crippen LogP contribution is 2.25. The highest BCUT2D eigenvalue weighted by Gasteiger charge is 2.43. The van der Waals surface area contributed by atoms with Crippen LogP contribution >= 0.6 is 0 Å². The first-order valence-electron chi connectivity index (χ1n) is 32.3. The molecule has 25 nitrogen and oxygen atoms in total. The van der Waals surface area contributed by atoms with E-state index in [9.17, 15) is 48.3 Å². The Morgan fingerprint density at radius 2 is 0.945 bits per heavy atom. The van der Waals surface area contributed by atoms with E-state index in [1.807, 2.05) is 62.3 Å². The number of carboxylic acids is 1. The van der Waals surface area contributed by atoms with Gasteiger partial charge in [-0.2, -0.15) is 0 Å². The van der Waals surface area contributed by atoms with Crippen molar-refractivity contribution in [2.75, 3.05) is 74.3 Å². The van der Waals surface area contributed by atoms with Crippen molar-refractivity contribution in [3.8, 4) is 0 Å². The van der Waals surface area contributed by atoms with Crippen LogP contribution in [0.25, 0.3) is 0 Å². The molecular formula is C66H112N12O13. The van der Waals surface area contributed by atoms with Crippen molar-refractivity contribution in [3.63, 3.8) is 0 Å². The maximum absolute atomic E-state index is 15.2. The van der Waals surface area contributed by atoms with Gasteiger partial charge in [-0.15, -0.1) is 0 Å². The van der Waals surface area contributed by atoms with Gasteiger partial charge >= 0.3 is 5.97 Å². The molecule has 91 heavy (non-hydrogen) atoms. The normalized spacial score (nSPS) is 24.5. The number of nitrogens with zero attached hydrogens (tertiary/aromatic N) is 7. The topological polar surface area (TPSA) is 308 Å². The van der Waals surface area contributed by atoms with Crippen LogP contribution in [0.15, 0.2) is 24.3 Å². The number of carbonyl (C=O) groups is 12. The molecule has 0 saturated carbocycles. The van der Waals surface area contributed by atoms with Crippen LogP contribution in [0.2, 0.25) is 0 Å². The second-order valence-electron chi connectivity index (χ2n) is 27.5. The van der Waals surface area contributed by atoms with Crippen molar-refractivity contribution in [1.29, 1.82) is 0 Å². The van der Waals surface area contributed by atoms with Gasteiger partial charge < -0.3 is 66.0 Å². The molecule has 0 spiro atoms. The van der Waals surface area contributed by atoms with Gasteiger partial charge in [0.15, 0.2) is 0 Å². The Morgan fingerprint density at radius 1 is 0.484 bits per heavy atom. The van der Waals surface area contributed by atoms with Gasteiger partial charge in [0.2, 0.25) is 65.0 Å². The van der Waals surface area contributed by atoms with E-state index in [-0.39, 0.29) is 67.3 Å². The third-order valence-electron chi connectivity index (χ3n) is 17.0. The molecule has 1 heterocycles. The number of rotatable bonds is 18. The summed E-state index contributed by atoms with van der Waals surface area (Å²) in [5.74, 6) is -9.81. The zero-order chi connectivity index (χ0) is 69.8. The van der Waals surface area contributed by atoms with Gasteiger partial charge in [-0.05, 0) is 124 Å². The molecule has 2 rings (SSSR count). The van der Waals surface area contributed by atoms with E-state index in [2.05, 4.69) is 26.6 Å². The lowest BCUT2D eigenvalue weighted by Gasteiger charge is -2.40. The molecule has 0 bridgehead atoms. The smallest absolute Gasteiger partial charge is 0.335 e. The SMILES string of the molecule is CC(C)CCC1C(=O)N(C)C(C(C)C)C(=O)N(C)C(CC(C)CCNc2ccc(C(=O)O)cc2)C(=O)NCC(=O)N(C)CC(=O)N(C)C(CC(C)C)C(=O)NC(C(C)C)C(=O)N(C)C(CC(C)C)C(=O)NC(C)C(=O)NC(C)C(=O)N(C)C(CC(C)C)C(=O)N1C. The summed E-state index contributed by atoms with van der Waals surface area (Å²) in [4.78, 5) is 180. The second kappa shape index (κ2) is 36.6. The number of carboxylic acid groups (broad SMARTS) is 1. The Bertz CT molecular complexity index is 2670. The summed E-state index contributed by atoms with van der Waals surface area (Å²) in [6.07, 6.45) is 1.70. The van der Waals surface area contributed by atoms with Crippen LogP contribution in [0.3, 0.4) is 0 Å². The summed E-state index contributed by atoms with van der Waals surface area (Å²) in [6, 6.07) is -4.36. The van der Waals surface area contributed by atoms with Crippen molar-refractivity contribution in [2.24, 2.45) is 41.4 Å². The molecule has 11 amide bonds. The Morgan fingerprint density at radius 3 is 1.45 bits per heavy atom. The number of nitrogens with one attached hydrogen (secondary N) is 5. The summed E-state index contributed by atoms with van der Waals surface area (Å²) in [6.45, 7) is 26.1. The molecule has 1 aliphatic heterocycles. The summed E-state index contributed by atoms with van der Waals surface area (Å²) in [5.41, 5.74) is 0.781. The molecule has 514 valence electrons. The molecule has 10 atom stereocenters. The number of benzene rings is 1. The number of hydrogen-bond acceptors (Lipinski definition) is 13. The lowest BCUT2D eigenvalue weighted by Crippen LogP contribution is -2.61. The number of anilines is 1. The molecular weight excluding hydrogens is 1170 g/mol. The Hall–Kier alpha value is -7.34. The predicted octanol–water partition coefficient (Wildman–Crippen LogP) is 4.14. The molecule has 1 aromatic carbocycles. The minimum Gasteiger partial charge on any atom is -0.478 e. The monoisotopic (exact) mass is 1280 g/mol. The van der Waals surface area contributed by atoms with Gasteiger partial charge in [-0.1, -0.05) is 90.0 Å². The van der Waals surface area contributed by atoms with E-state index < -0.39 is 150 Å². The Kier molecular flexibility index (Phi) is 32.1. The molecule has 1 fully saturated rings. The molecule has 0 radical (unpaired) electrons. The van der Waals surface area contributed by atoms with Crippen molar-refractivity contribution in [1.82, 2.24) is 55.6 Å². The van der Waals surface area contributed by atoms with Crippen LogP contribution < -0.4 is 26.6 Å². The fourth-order valence-corrected chi connectivity index (χ4v) is 11.1. The number of aromatic carboxylic acids is 1. The first-order chi connectivity index (χ1) is 42.2. The van der Waals surface area contributed by atoms with E-state index in [0.717, 1.165) is 4.90 Å².